The van der Waals surface area contributed by atoms with Crippen LogP contribution < -0.4 is 5.73 Å². The molecule has 0 spiro atoms. The Kier molecular flexibility index (Phi) is 7.18. The minimum atomic E-state index is -4.82. The molecule has 1 unspecified atom stereocenters. The molecule has 0 aliphatic carbocycles. The summed E-state index contributed by atoms with van der Waals surface area (Å²) in [6, 6.07) is 1.27. The van der Waals surface area contributed by atoms with Crippen LogP contribution in [0.1, 0.15) is 42.5 Å². The Labute approximate surface area is 148 Å². The van der Waals surface area contributed by atoms with Gasteiger partial charge in [0.1, 0.15) is 0 Å². The van der Waals surface area contributed by atoms with Crippen LogP contribution in [0.2, 0.25) is 0 Å². The zero-order valence-electron chi connectivity index (χ0n) is 13.6. The Bertz CT molecular complexity index is 532. The smallest absolute Gasteiger partial charge is 0.330 e. The molecule has 1 heterocycles. The molecule has 9 heteroatoms. The van der Waals surface area contributed by atoms with E-state index in [0.29, 0.717) is 25.6 Å². The van der Waals surface area contributed by atoms with Crippen LogP contribution in [-0.4, -0.2) is 24.5 Å². The van der Waals surface area contributed by atoms with Gasteiger partial charge in [0.2, 0.25) is 0 Å². The summed E-state index contributed by atoms with van der Waals surface area (Å²) in [5.41, 5.74) is 3.10. The lowest BCUT2D eigenvalue weighted by Crippen LogP contribution is -2.37. The van der Waals surface area contributed by atoms with Crippen molar-refractivity contribution in [2.45, 2.75) is 38.2 Å². The third-order valence-electron chi connectivity index (χ3n) is 4.62. The highest BCUT2D eigenvalue weighted by atomic mass is 35.5. The molecule has 2 N–H and O–H groups in total. The first-order valence-corrected chi connectivity index (χ1v) is 7.76. The topological polar surface area (TPSA) is 29.3 Å². The third kappa shape index (κ3) is 5.49. The van der Waals surface area contributed by atoms with E-state index in [2.05, 4.69) is 0 Å². The molecule has 1 saturated heterocycles. The average Bonchev–Trinajstić information content (AvgIpc) is 2.52. The largest absolute Gasteiger partial charge is 0.416 e. The zero-order valence-corrected chi connectivity index (χ0v) is 14.4. The van der Waals surface area contributed by atoms with Gasteiger partial charge in [0.25, 0.3) is 0 Å². The van der Waals surface area contributed by atoms with E-state index in [9.17, 15) is 26.3 Å². The molecule has 1 aliphatic rings. The summed E-state index contributed by atoms with van der Waals surface area (Å²) in [6.07, 6.45) is -8.04. The molecule has 2 rings (SSSR count). The highest BCUT2D eigenvalue weighted by Gasteiger charge is 2.37. The quantitative estimate of drug-likeness (QED) is 0.745. The highest BCUT2D eigenvalue weighted by molar-refractivity contribution is 5.85. The SMILES string of the molecule is CC(c1cc(C(F)(F)F)cc(C(F)(F)F)c1)N1CCC(CN)CC1.Cl. The maximum Gasteiger partial charge on any atom is 0.416 e. The van der Waals surface area contributed by atoms with Gasteiger partial charge in [0.05, 0.1) is 11.1 Å². The molecular weight excluding hydrogens is 370 g/mol. The monoisotopic (exact) mass is 390 g/mol. The maximum atomic E-state index is 12.9. The zero-order chi connectivity index (χ0) is 18.1. The summed E-state index contributed by atoms with van der Waals surface area (Å²) in [5, 5.41) is 0. The van der Waals surface area contributed by atoms with Crippen LogP contribution in [0, 0.1) is 5.92 Å². The van der Waals surface area contributed by atoms with Crippen LogP contribution in [0.25, 0.3) is 0 Å². The van der Waals surface area contributed by atoms with Gasteiger partial charge in [-0.1, -0.05) is 0 Å². The Morgan fingerprint density at radius 3 is 1.80 bits per heavy atom. The van der Waals surface area contributed by atoms with Crippen molar-refractivity contribution in [3.63, 3.8) is 0 Å². The lowest BCUT2D eigenvalue weighted by molar-refractivity contribution is -0.143. The summed E-state index contributed by atoms with van der Waals surface area (Å²) in [5.74, 6) is 0.362. The molecule has 1 fully saturated rings. The first-order valence-electron chi connectivity index (χ1n) is 7.76. The summed E-state index contributed by atoms with van der Waals surface area (Å²) < 4.78 is 77.7. The summed E-state index contributed by atoms with van der Waals surface area (Å²) in [7, 11) is 0. The molecule has 1 aromatic rings. The number of likely N-dealkylation sites (tertiary alicyclic amines) is 1. The average molecular weight is 391 g/mol. The first kappa shape index (κ1) is 22.1. The van der Waals surface area contributed by atoms with E-state index in [0.717, 1.165) is 25.0 Å². The molecule has 1 aromatic carbocycles. The van der Waals surface area contributed by atoms with E-state index in [-0.39, 0.29) is 24.0 Å². The van der Waals surface area contributed by atoms with Crippen molar-refractivity contribution >= 4 is 12.4 Å². The van der Waals surface area contributed by atoms with E-state index in [1.807, 2.05) is 4.90 Å². The molecule has 1 atom stereocenters. The minimum Gasteiger partial charge on any atom is -0.330 e. The van der Waals surface area contributed by atoms with Crippen LogP contribution in [-0.2, 0) is 12.4 Å². The molecule has 2 nitrogen and oxygen atoms in total. The second kappa shape index (κ2) is 8.14. The molecule has 0 amide bonds. The Hall–Kier alpha value is -0.990. The van der Waals surface area contributed by atoms with Crippen LogP contribution in [0.5, 0.6) is 0 Å². The Morgan fingerprint density at radius 1 is 1.00 bits per heavy atom. The number of nitrogens with two attached hydrogens (primary N) is 1. The normalized spacial score (nSPS) is 18.7. The van der Waals surface area contributed by atoms with Gasteiger partial charge in [-0.05, 0) is 69.1 Å². The molecule has 0 bridgehead atoms. The van der Waals surface area contributed by atoms with Crippen molar-refractivity contribution in [2.24, 2.45) is 11.7 Å². The van der Waals surface area contributed by atoms with Crippen LogP contribution in [0.15, 0.2) is 18.2 Å². The molecule has 0 aromatic heterocycles. The van der Waals surface area contributed by atoms with Gasteiger partial charge >= 0.3 is 12.4 Å². The van der Waals surface area contributed by atoms with E-state index in [1.165, 1.54) is 0 Å². The van der Waals surface area contributed by atoms with Crippen molar-refractivity contribution in [1.82, 2.24) is 4.90 Å². The summed E-state index contributed by atoms with van der Waals surface area (Å²) >= 11 is 0. The highest BCUT2D eigenvalue weighted by Crippen LogP contribution is 2.38. The van der Waals surface area contributed by atoms with Gasteiger partial charge in [-0.25, -0.2) is 0 Å². The van der Waals surface area contributed by atoms with Crippen LogP contribution in [0.3, 0.4) is 0 Å². The second-order valence-corrected chi connectivity index (χ2v) is 6.23. The lowest BCUT2D eigenvalue weighted by atomic mass is 9.93. The fourth-order valence-corrected chi connectivity index (χ4v) is 3.01. The van der Waals surface area contributed by atoms with Crippen molar-refractivity contribution in [3.8, 4) is 0 Å². The lowest BCUT2D eigenvalue weighted by Gasteiger charge is -2.36. The maximum absolute atomic E-state index is 12.9. The number of nitrogens with zero attached hydrogens (tertiary/aromatic N) is 1. The Balaban J connectivity index is 0.00000312. The number of rotatable bonds is 3. The van der Waals surface area contributed by atoms with Gasteiger partial charge in [-0.2, -0.15) is 26.3 Å². The number of alkyl halides is 6. The molecular formula is C16H21ClF6N2. The van der Waals surface area contributed by atoms with Crippen molar-refractivity contribution in [3.05, 3.63) is 34.9 Å². The van der Waals surface area contributed by atoms with E-state index in [1.54, 1.807) is 6.92 Å². The minimum absolute atomic E-state index is 0. The Morgan fingerprint density at radius 2 is 1.44 bits per heavy atom. The van der Waals surface area contributed by atoms with E-state index >= 15 is 0 Å². The van der Waals surface area contributed by atoms with Gasteiger partial charge in [-0.3, -0.25) is 4.90 Å². The predicted octanol–water partition coefficient (Wildman–Crippen LogP) is 4.88. The number of hydrogen-bond donors (Lipinski definition) is 1. The summed E-state index contributed by atoms with van der Waals surface area (Å²) in [6.45, 7) is 3.41. The van der Waals surface area contributed by atoms with Gasteiger partial charge in [-0.15, -0.1) is 12.4 Å². The van der Waals surface area contributed by atoms with Crippen molar-refractivity contribution in [1.29, 1.82) is 0 Å². The fourth-order valence-electron chi connectivity index (χ4n) is 3.01. The number of benzene rings is 1. The molecule has 0 saturated carbocycles. The second-order valence-electron chi connectivity index (χ2n) is 6.23. The van der Waals surface area contributed by atoms with Crippen LogP contribution >= 0.6 is 12.4 Å². The molecule has 144 valence electrons. The van der Waals surface area contributed by atoms with Crippen molar-refractivity contribution in [2.75, 3.05) is 19.6 Å². The third-order valence-corrected chi connectivity index (χ3v) is 4.62. The van der Waals surface area contributed by atoms with Crippen LogP contribution in [0.4, 0.5) is 26.3 Å². The summed E-state index contributed by atoms with van der Waals surface area (Å²) in [4.78, 5) is 1.90. The van der Waals surface area contributed by atoms with E-state index < -0.39 is 29.5 Å². The van der Waals surface area contributed by atoms with Gasteiger partial charge in [0.15, 0.2) is 0 Å². The number of halogens is 7. The van der Waals surface area contributed by atoms with E-state index in [4.69, 9.17) is 5.73 Å². The first-order chi connectivity index (χ1) is 11.0. The molecule has 25 heavy (non-hydrogen) atoms. The number of piperidine rings is 1. The fraction of sp³-hybridized carbons (Fsp3) is 0.625. The van der Waals surface area contributed by atoms with Gasteiger partial charge in [0, 0.05) is 6.04 Å². The molecule has 0 radical (unpaired) electrons. The van der Waals surface area contributed by atoms with Gasteiger partial charge < -0.3 is 5.73 Å². The standard InChI is InChI=1S/C16H20F6N2.ClH/c1-10(24-4-2-11(9-23)3-5-24)12-6-13(15(17,18)19)8-14(7-12)16(20,21)22;/h6-8,10-11H,2-5,9,23H2,1H3;1H. The molecule has 1 aliphatic heterocycles. The number of hydrogen-bond acceptors (Lipinski definition) is 2. The van der Waals surface area contributed by atoms with Crippen molar-refractivity contribution < 1.29 is 26.3 Å². The predicted molar refractivity (Wildman–Crippen MR) is 85.5 cm³/mol.